The third-order valence-electron chi connectivity index (χ3n) is 8.19. The van der Waals surface area contributed by atoms with Gasteiger partial charge in [-0.15, -0.1) is 0 Å². The number of hydrogen-bond donors (Lipinski definition) is 3. The molecule has 52 heavy (non-hydrogen) atoms. The number of carboxylic acids is 4. The first kappa shape index (κ1) is 43.8. The van der Waals surface area contributed by atoms with Gasteiger partial charge in [-0.2, -0.15) is 0 Å². The Morgan fingerprint density at radius 2 is 1.23 bits per heavy atom. The molecule has 0 aliphatic carbocycles. The lowest BCUT2D eigenvalue weighted by atomic mass is 10.1. The van der Waals surface area contributed by atoms with E-state index in [-0.39, 0.29) is 83.4 Å². The fraction of sp³-hybridized carbons (Fsp3) is 0.485. The average molecular weight is 1060 g/mol. The summed E-state index contributed by atoms with van der Waals surface area (Å²) in [5.41, 5.74) is 0.756. The second kappa shape index (κ2) is 22.0. The van der Waals surface area contributed by atoms with Crippen LogP contribution in [-0.2, 0) is 30.4 Å². The van der Waals surface area contributed by atoms with Crippen LogP contribution in [0, 0.1) is 10.7 Å². The Bertz CT molecular complexity index is 1530. The van der Waals surface area contributed by atoms with Crippen LogP contribution in [0.2, 0.25) is 0 Å². The van der Waals surface area contributed by atoms with E-state index in [0.717, 1.165) is 12.7 Å². The number of ether oxygens (including phenoxy) is 1. The molecule has 1 atom stereocenters. The number of amides is 1. The number of benzene rings is 2. The number of phenols is 1. The predicted molar refractivity (Wildman–Crippen MR) is 206 cm³/mol. The van der Waals surface area contributed by atoms with Gasteiger partial charge in [0.25, 0.3) is 0 Å². The molecule has 1 saturated heterocycles. The van der Waals surface area contributed by atoms with E-state index >= 15 is 0 Å². The Morgan fingerprint density at radius 1 is 0.750 bits per heavy atom. The summed E-state index contributed by atoms with van der Waals surface area (Å²) in [6, 6.07) is 7.59. The van der Waals surface area contributed by atoms with Crippen LogP contribution in [0.1, 0.15) is 18.4 Å². The minimum atomic E-state index is -1.34. The zero-order valence-corrected chi connectivity index (χ0v) is 34.5. The molecule has 1 aliphatic heterocycles. The summed E-state index contributed by atoms with van der Waals surface area (Å²) in [4.78, 5) is 65.8. The normalized spacial score (nSPS) is 16.3. The van der Waals surface area contributed by atoms with Gasteiger partial charge in [-0.1, -0.05) is 0 Å². The number of nitrogens with one attached hydrogen (secondary N) is 1. The van der Waals surface area contributed by atoms with Crippen LogP contribution in [0.4, 0.5) is 0 Å². The molecule has 1 aliphatic rings. The summed E-state index contributed by atoms with van der Waals surface area (Å²) in [6.45, 7) is -0.0204. The van der Waals surface area contributed by atoms with E-state index in [0.29, 0.717) is 21.5 Å². The van der Waals surface area contributed by atoms with E-state index in [4.69, 9.17) is 4.74 Å². The van der Waals surface area contributed by atoms with Crippen LogP contribution in [0.15, 0.2) is 30.3 Å². The number of rotatable bonds is 16. The summed E-state index contributed by atoms with van der Waals surface area (Å²) in [5, 5.41) is 57.0. The largest absolute Gasteiger partial charge is 0.549 e. The fourth-order valence-electron chi connectivity index (χ4n) is 5.60. The van der Waals surface area contributed by atoms with E-state index < -0.39 is 49.6 Å². The third kappa shape index (κ3) is 15.4. The first-order valence-electron chi connectivity index (χ1n) is 16.3. The highest BCUT2D eigenvalue weighted by atomic mass is 127. The van der Waals surface area contributed by atoms with E-state index in [1.165, 1.54) is 4.90 Å². The molecule has 0 bridgehead atoms. The SMILES string of the molecule is O=C([O-])CN1CCN(CC(=O)[O-])CCN(C(CCCNC(=O)Cc2cc(I)c(Oc3ccc(O)c(I)c3)c(I)c2)C(=O)O)CCN(CC(=O)[O-])CC1. The Morgan fingerprint density at radius 3 is 1.67 bits per heavy atom. The van der Waals surface area contributed by atoms with Crippen LogP contribution in [0.25, 0.3) is 0 Å². The van der Waals surface area contributed by atoms with Gasteiger partial charge < -0.3 is 50.0 Å². The maximum Gasteiger partial charge on any atom is 0.320 e. The highest BCUT2D eigenvalue weighted by Crippen LogP contribution is 2.35. The summed E-state index contributed by atoms with van der Waals surface area (Å²) >= 11 is 6.28. The van der Waals surface area contributed by atoms with Crippen LogP contribution >= 0.6 is 67.8 Å². The average Bonchev–Trinajstić information content (AvgIpc) is 3.04. The number of carboxylic acid groups (broad SMARTS) is 4. The van der Waals surface area contributed by atoms with Crippen LogP contribution < -0.4 is 25.4 Å². The van der Waals surface area contributed by atoms with Crippen molar-refractivity contribution in [2.45, 2.75) is 25.3 Å². The molecule has 0 saturated carbocycles. The number of aromatic hydroxyl groups is 1. The molecule has 2 aromatic carbocycles. The molecular weight excluding hydrogens is 1020 g/mol. The minimum absolute atomic E-state index is 0.0841. The monoisotopic (exact) mass is 1060 g/mol. The van der Waals surface area contributed by atoms with Gasteiger partial charge in [-0.25, -0.2) is 0 Å². The van der Waals surface area contributed by atoms with E-state index in [1.807, 2.05) is 34.7 Å². The molecule has 0 spiro atoms. The van der Waals surface area contributed by atoms with Crippen molar-refractivity contribution in [3.8, 4) is 17.2 Å². The highest BCUT2D eigenvalue weighted by Gasteiger charge is 2.27. The van der Waals surface area contributed by atoms with Crippen molar-refractivity contribution in [3.05, 3.63) is 46.6 Å². The Hall–Kier alpha value is -2.58. The zero-order valence-electron chi connectivity index (χ0n) is 28.1. The molecule has 1 fully saturated rings. The quantitative estimate of drug-likeness (QED) is 0.127. The topological polar surface area (TPSA) is 229 Å². The predicted octanol–water partition coefficient (Wildman–Crippen LogP) is -1.64. The summed E-state index contributed by atoms with van der Waals surface area (Å²) in [5.74, 6) is -4.05. The molecule has 1 amide bonds. The van der Waals surface area contributed by atoms with Crippen molar-refractivity contribution in [2.75, 3.05) is 78.5 Å². The molecule has 286 valence electrons. The van der Waals surface area contributed by atoms with Crippen molar-refractivity contribution < 1.29 is 54.2 Å². The molecule has 1 heterocycles. The van der Waals surface area contributed by atoms with Crippen molar-refractivity contribution in [1.82, 2.24) is 24.9 Å². The Kier molecular flexibility index (Phi) is 18.5. The second-order valence-corrected chi connectivity index (χ2v) is 15.6. The molecule has 2 aromatic rings. The molecule has 0 radical (unpaired) electrons. The number of halogens is 3. The van der Waals surface area contributed by atoms with E-state index in [1.54, 1.807) is 32.9 Å². The lowest BCUT2D eigenvalue weighted by Crippen LogP contribution is -2.53. The Labute approximate surface area is 341 Å². The summed E-state index contributed by atoms with van der Waals surface area (Å²) in [7, 11) is 0. The number of aliphatic carboxylic acids is 4. The number of carbonyl (C=O) groups is 5. The van der Waals surface area contributed by atoms with Gasteiger partial charge in [-0.3, -0.25) is 29.2 Å². The zero-order chi connectivity index (χ0) is 38.4. The van der Waals surface area contributed by atoms with Crippen molar-refractivity contribution in [2.24, 2.45) is 0 Å². The lowest BCUT2D eigenvalue weighted by molar-refractivity contribution is -0.308. The number of hydrogen-bond acceptors (Lipinski definition) is 14. The number of carbonyl (C=O) groups excluding carboxylic acids is 4. The van der Waals surface area contributed by atoms with Gasteiger partial charge in [0, 0.05) is 78.5 Å². The van der Waals surface area contributed by atoms with Gasteiger partial charge in [0.05, 0.1) is 35.0 Å². The van der Waals surface area contributed by atoms with E-state index in [2.05, 4.69) is 50.5 Å². The first-order valence-corrected chi connectivity index (χ1v) is 19.5. The van der Waals surface area contributed by atoms with Gasteiger partial charge in [0.15, 0.2) is 5.75 Å². The standard InChI is InChI=1S/C33H42I3N5O11/c34-23-17-22(3-4-27(23)42)52-32-24(35)14-21(15-25(32)36)16-28(43)37-5-1-2-26(33(50)51)41-12-10-39(19-30(46)47)8-6-38(18-29(44)45)7-9-40(11-13-41)20-31(48)49/h3-4,14-15,17,26,42H,1-2,5-13,16,18-20H2,(H,37,43)(H,44,45)(H,46,47)(H,48,49)(H,50,51)/p-3. The molecule has 3 rings (SSSR count). The van der Waals surface area contributed by atoms with Crippen LogP contribution in [-0.4, -0.2) is 144 Å². The van der Waals surface area contributed by atoms with E-state index in [9.17, 15) is 49.5 Å². The molecular formula is C33H39I3N5O11-3. The van der Waals surface area contributed by atoms with Crippen LogP contribution in [0.3, 0.4) is 0 Å². The summed E-state index contributed by atoms with van der Waals surface area (Å²) < 4.78 is 8.26. The van der Waals surface area contributed by atoms with Gasteiger partial charge in [0.1, 0.15) is 17.5 Å². The highest BCUT2D eigenvalue weighted by molar-refractivity contribution is 14.1. The van der Waals surface area contributed by atoms with Crippen molar-refractivity contribution in [3.63, 3.8) is 0 Å². The fourth-order valence-corrected chi connectivity index (χ4v) is 8.20. The molecule has 3 N–H and O–H groups in total. The second-order valence-electron chi connectivity index (χ2n) is 12.1. The van der Waals surface area contributed by atoms with Crippen molar-refractivity contribution >= 4 is 97.6 Å². The first-order chi connectivity index (χ1) is 24.6. The van der Waals surface area contributed by atoms with Crippen molar-refractivity contribution in [1.29, 1.82) is 0 Å². The van der Waals surface area contributed by atoms with Gasteiger partial charge >= 0.3 is 5.97 Å². The van der Waals surface area contributed by atoms with Gasteiger partial charge in [-0.05, 0) is 117 Å². The molecule has 19 heteroatoms. The lowest BCUT2D eigenvalue weighted by Gasteiger charge is -2.36. The Balaban J connectivity index is 1.62. The minimum Gasteiger partial charge on any atom is -0.549 e. The molecule has 0 aromatic heterocycles. The molecule has 1 unspecified atom stereocenters. The maximum absolute atomic E-state index is 12.9. The maximum atomic E-state index is 12.9. The number of phenolic OH excluding ortho intramolecular Hbond substituents is 1. The van der Waals surface area contributed by atoms with Gasteiger partial charge in [0.2, 0.25) is 5.91 Å². The smallest absolute Gasteiger partial charge is 0.320 e. The van der Waals surface area contributed by atoms with Crippen LogP contribution in [0.5, 0.6) is 17.2 Å². The summed E-state index contributed by atoms with van der Waals surface area (Å²) in [6.07, 6.45) is 0.547. The number of nitrogens with zero attached hydrogens (tertiary/aromatic N) is 4. The molecule has 16 nitrogen and oxygen atoms in total. The third-order valence-corrected chi connectivity index (χ3v) is 10.7.